The quantitative estimate of drug-likeness (QED) is 0.566. The molecule has 1 aliphatic heterocycles. The van der Waals surface area contributed by atoms with Crippen LogP contribution >= 0.6 is 0 Å². The predicted octanol–water partition coefficient (Wildman–Crippen LogP) is 3.39. The van der Waals surface area contributed by atoms with Crippen LogP contribution in [0.15, 0.2) is 0 Å². The second-order valence-corrected chi connectivity index (χ2v) is 6.20. The van der Waals surface area contributed by atoms with Gasteiger partial charge in [-0.2, -0.15) is 0 Å². The van der Waals surface area contributed by atoms with Crippen molar-refractivity contribution >= 4 is 13.9 Å². The monoisotopic (exact) mass is 251 g/mol. The van der Waals surface area contributed by atoms with E-state index in [2.05, 4.69) is 0 Å². The summed E-state index contributed by atoms with van der Waals surface area (Å²) in [6.45, 7) is 7.39. The Balaban J connectivity index is 2.24. The summed E-state index contributed by atoms with van der Waals surface area (Å²) in [6.07, 6.45) is 6.41. The van der Waals surface area contributed by atoms with E-state index < -0.39 is 5.60 Å². The summed E-state index contributed by atoms with van der Waals surface area (Å²) in [6, 6.07) is 0. The zero-order valence-corrected chi connectivity index (χ0v) is 12.1. The number of nitrogens with zero attached hydrogens (tertiary/aromatic N) is 1. The molecule has 1 amide bonds. The van der Waals surface area contributed by atoms with Crippen molar-refractivity contribution in [2.75, 3.05) is 13.1 Å². The van der Waals surface area contributed by atoms with Crippen LogP contribution in [0.3, 0.4) is 0 Å². The van der Waals surface area contributed by atoms with E-state index in [1.807, 2.05) is 25.7 Å². The summed E-state index contributed by atoms with van der Waals surface area (Å²) in [5, 5.41) is 0. The second-order valence-electron chi connectivity index (χ2n) is 6.20. The topological polar surface area (TPSA) is 29.5 Å². The highest BCUT2D eigenvalue weighted by atomic mass is 16.6. The Morgan fingerprint density at radius 3 is 2.39 bits per heavy atom. The third-order valence-electron chi connectivity index (χ3n) is 3.33. The average Bonchev–Trinajstić information content (AvgIpc) is 2.28. The summed E-state index contributed by atoms with van der Waals surface area (Å²) in [5.41, 5.74) is -0.394. The molecule has 3 nitrogen and oxygen atoms in total. The molecule has 0 aliphatic carbocycles. The van der Waals surface area contributed by atoms with Crippen molar-refractivity contribution in [3.05, 3.63) is 0 Å². The molecule has 0 saturated carbocycles. The number of likely N-dealkylation sites (tertiary alicyclic amines) is 1. The Bertz CT molecular complexity index is 255. The molecule has 0 atom stereocenters. The molecule has 4 heteroatoms. The van der Waals surface area contributed by atoms with E-state index in [4.69, 9.17) is 12.6 Å². The maximum Gasteiger partial charge on any atom is 0.410 e. The van der Waals surface area contributed by atoms with Gasteiger partial charge in [-0.3, -0.25) is 0 Å². The molecule has 1 fully saturated rings. The van der Waals surface area contributed by atoms with Crippen molar-refractivity contribution in [2.24, 2.45) is 5.92 Å². The van der Waals surface area contributed by atoms with Crippen LogP contribution in [-0.2, 0) is 4.74 Å². The molecule has 1 heterocycles. The smallest absolute Gasteiger partial charge is 0.410 e. The van der Waals surface area contributed by atoms with E-state index in [9.17, 15) is 4.79 Å². The van der Waals surface area contributed by atoms with Gasteiger partial charge >= 0.3 is 6.09 Å². The number of piperidine rings is 1. The summed E-state index contributed by atoms with van der Waals surface area (Å²) >= 11 is 0. The first-order valence-electron chi connectivity index (χ1n) is 7.10. The molecule has 0 N–H and O–H groups in total. The lowest BCUT2D eigenvalue weighted by Crippen LogP contribution is -2.41. The molecule has 0 aromatic carbocycles. The summed E-state index contributed by atoms with van der Waals surface area (Å²) in [5.74, 6) is 0.759. The van der Waals surface area contributed by atoms with Gasteiger partial charge in [-0.1, -0.05) is 25.6 Å². The molecular formula is C14H26BNO2. The Morgan fingerprint density at radius 2 is 1.89 bits per heavy atom. The Labute approximate surface area is 113 Å². The molecule has 1 saturated heterocycles. The van der Waals surface area contributed by atoms with E-state index >= 15 is 0 Å². The first-order valence-corrected chi connectivity index (χ1v) is 7.10. The fourth-order valence-corrected chi connectivity index (χ4v) is 2.31. The number of rotatable bonds is 4. The van der Waals surface area contributed by atoms with Gasteiger partial charge in [0.05, 0.1) is 7.85 Å². The van der Waals surface area contributed by atoms with E-state index in [1.54, 1.807) is 0 Å². The highest BCUT2D eigenvalue weighted by molar-refractivity contribution is 6.08. The van der Waals surface area contributed by atoms with Crippen molar-refractivity contribution in [3.8, 4) is 0 Å². The van der Waals surface area contributed by atoms with Gasteiger partial charge in [-0.05, 0) is 39.5 Å². The van der Waals surface area contributed by atoms with Crippen molar-refractivity contribution < 1.29 is 9.53 Å². The first-order chi connectivity index (χ1) is 8.42. The van der Waals surface area contributed by atoms with Crippen molar-refractivity contribution in [3.63, 3.8) is 0 Å². The Kier molecular flexibility index (Phi) is 6.03. The van der Waals surface area contributed by atoms with E-state index in [1.165, 1.54) is 12.8 Å². The van der Waals surface area contributed by atoms with Crippen LogP contribution < -0.4 is 0 Å². The van der Waals surface area contributed by atoms with Crippen LogP contribution in [0.1, 0.15) is 52.9 Å². The SMILES string of the molecule is [B]CCCCC1CCN(C(=O)OC(C)(C)C)CC1. The standard InChI is InChI=1S/C14H26BNO2/c1-14(2,3)18-13(17)16-10-7-12(8-11-16)6-4-5-9-15/h12H,4-11H2,1-3H3. The summed E-state index contributed by atoms with van der Waals surface area (Å²) in [7, 11) is 5.50. The fraction of sp³-hybridized carbons (Fsp3) is 0.929. The Morgan fingerprint density at radius 1 is 1.28 bits per heavy atom. The zero-order valence-electron chi connectivity index (χ0n) is 12.1. The molecular weight excluding hydrogens is 225 g/mol. The van der Waals surface area contributed by atoms with Crippen LogP contribution in [-0.4, -0.2) is 37.5 Å². The molecule has 18 heavy (non-hydrogen) atoms. The molecule has 0 aromatic heterocycles. The third kappa shape index (κ3) is 5.79. The predicted molar refractivity (Wildman–Crippen MR) is 74.9 cm³/mol. The maximum absolute atomic E-state index is 11.9. The van der Waals surface area contributed by atoms with Gasteiger partial charge in [-0.25, -0.2) is 4.79 Å². The van der Waals surface area contributed by atoms with E-state index in [0.29, 0.717) is 0 Å². The minimum Gasteiger partial charge on any atom is -0.444 e. The van der Waals surface area contributed by atoms with Crippen LogP contribution in [0.25, 0.3) is 0 Å². The lowest BCUT2D eigenvalue weighted by molar-refractivity contribution is 0.0180. The summed E-state index contributed by atoms with van der Waals surface area (Å²) in [4.78, 5) is 13.7. The van der Waals surface area contributed by atoms with Crippen LogP contribution in [0.2, 0.25) is 6.32 Å². The number of unbranched alkanes of at least 4 members (excludes halogenated alkanes) is 1. The maximum atomic E-state index is 11.9. The van der Waals surface area contributed by atoms with Gasteiger partial charge in [0.1, 0.15) is 5.60 Å². The molecule has 1 aliphatic rings. The molecule has 0 bridgehead atoms. The zero-order chi connectivity index (χ0) is 13.6. The lowest BCUT2D eigenvalue weighted by atomic mass is 9.89. The average molecular weight is 251 g/mol. The van der Waals surface area contributed by atoms with Gasteiger partial charge in [-0.15, -0.1) is 0 Å². The van der Waals surface area contributed by atoms with Gasteiger partial charge < -0.3 is 9.64 Å². The van der Waals surface area contributed by atoms with Gasteiger partial charge in [0, 0.05) is 13.1 Å². The summed E-state index contributed by atoms with van der Waals surface area (Å²) < 4.78 is 5.38. The molecule has 2 radical (unpaired) electrons. The number of hydrogen-bond acceptors (Lipinski definition) is 2. The first kappa shape index (κ1) is 15.4. The minimum absolute atomic E-state index is 0.164. The number of carbonyl (C=O) groups is 1. The largest absolute Gasteiger partial charge is 0.444 e. The molecule has 0 unspecified atom stereocenters. The molecule has 0 spiro atoms. The third-order valence-corrected chi connectivity index (χ3v) is 3.33. The highest BCUT2D eigenvalue weighted by Gasteiger charge is 2.26. The second kappa shape index (κ2) is 7.05. The fourth-order valence-electron chi connectivity index (χ4n) is 2.31. The lowest BCUT2D eigenvalue weighted by Gasteiger charge is -2.33. The number of ether oxygens (including phenoxy) is 1. The van der Waals surface area contributed by atoms with Crippen molar-refractivity contribution in [1.82, 2.24) is 4.90 Å². The van der Waals surface area contributed by atoms with Crippen molar-refractivity contribution in [1.29, 1.82) is 0 Å². The van der Waals surface area contributed by atoms with Crippen LogP contribution in [0.5, 0.6) is 0 Å². The van der Waals surface area contributed by atoms with E-state index in [-0.39, 0.29) is 6.09 Å². The molecule has 0 aromatic rings. The van der Waals surface area contributed by atoms with Crippen LogP contribution in [0.4, 0.5) is 4.79 Å². The Hall–Kier alpha value is -0.665. The number of hydrogen-bond donors (Lipinski definition) is 0. The van der Waals surface area contributed by atoms with Gasteiger partial charge in [0.15, 0.2) is 0 Å². The minimum atomic E-state index is -0.394. The van der Waals surface area contributed by atoms with Gasteiger partial charge in [0.2, 0.25) is 0 Å². The molecule has 102 valence electrons. The van der Waals surface area contributed by atoms with Crippen LogP contribution in [0, 0.1) is 5.92 Å². The van der Waals surface area contributed by atoms with Crippen molar-refractivity contribution in [2.45, 2.75) is 64.8 Å². The molecule has 1 rings (SSSR count). The normalized spacial score (nSPS) is 17.8. The van der Waals surface area contributed by atoms with Gasteiger partial charge in [0.25, 0.3) is 0 Å². The van der Waals surface area contributed by atoms with E-state index in [0.717, 1.165) is 44.6 Å². The number of carbonyl (C=O) groups excluding carboxylic acids is 1. The highest BCUT2D eigenvalue weighted by Crippen LogP contribution is 2.24. The number of amides is 1.